The van der Waals surface area contributed by atoms with Crippen LogP contribution >= 0.6 is 22.9 Å². The zero-order valence-electron chi connectivity index (χ0n) is 13.2. The van der Waals surface area contributed by atoms with Crippen LogP contribution in [-0.4, -0.2) is 58.5 Å². The minimum atomic E-state index is -0.551. The van der Waals surface area contributed by atoms with Crippen LogP contribution in [0.3, 0.4) is 0 Å². The minimum absolute atomic E-state index is 0.498. The van der Waals surface area contributed by atoms with Gasteiger partial charge in [0.1, 0.15) is 5.15 Å². The molecule has 2 saturated heterocycles. The highest BCUT2D eigenvalue weighted by Crippen LogP contribution is 2.39. The lowest BCUT2D eigenvalue weighted by atomic mass is 9.79. The van der Waals surface area contributed by atoms with Crippen molar-refractivity contribution in [2.45, 2.75) is 44.4 Å². The fraction of sp³-hybridized carbons (Fsp3) is 0.812. The molecule has 0 bridgehead atoms. The Labute approximate surface area is 145 Å². The van der Waals surface area contributed by atoms with E-state index in [0.717, 1.165) is 55.6 Å². The van der Waals surface area contributed by atoms with Crippen molar-refractivity contribution >= 4 is 28.1 Å². The van der Waals surface area contributed by atoms with Crippen LogP contribution in [-0.2, 0) is 6.54 Å². The fourth-order valence-corrected chi connectivity index (χ4v) is 5.65. The number of aliphatic hydroxyl groups excluding tert-OH is 2. The third-order valence-corrected chi connectivity index (χ3v) is 7.09. The molecule has 3 aliphatic rings. The molecular weight excluding hydrogens is 334 g/mol. The molecule has 5 nitrogen and oxygen atoms in total. The number of nitrogens with zero attached hydrogens (tertiary/aromatic N) is 3. The van der Waals surface area contributed by atoms with E-state index in [-0.39, 0.29) is 0 Å². The molecule has 128 valence electrons. The highest BCUT2D eigenvalue weighted by molar-refractivity contribution is 7.16. The molecule has 1 aromatic heterocycles. The van der Waals surface area contributed by atoms with Gasteiger partial charge >= 0.3 is 0 Å². The Bertz CT molecular complexity index is 546. The summed E-state index contributed by atoms with van der Waals surface area (Å²) in [6, 6.07) is 0. The van der Waals surface area contributed by atoms with Crippen LogP contribution in [0.15, 0.2) is 0 Å². The van der Waals surface area contributed by atoms with Crippen LogP contribution in [0, 0.1) is 11.8 Å². The molecular formula is C16H24ClN3O2S. The van der Waals surface area contributed by atoms with Gasteiger partial charge in [0, 0.05) is 32.7 Å². The molecule has 4 atom stereocenters. The van der Waals surface area contributed by atoms with Gasteiger partial charge in [-0.1, -0.05) is 22.9 Å². The topological polar surface area (TPSA) is 59.8 Å². The Morgan fingerprint density at radius 3 is 2.30 bits per heavy atom. The van der Waals surface area contributed by atoms with Crippen LogP contribution in [0.1, 0.15) is 30.6 Å². The Hall–Kier alpha value is -0.400. The number of aromatic nitrogens is 1. The molecule has 2 N–H and O–H groups in total. The Morgan fingerprint density at radius 1 is 1.09 bits per heavy atom. The van der Waals surface area contributed by atoms with E-state index in [1.54, 1.807) is 11.3 Å². The molecule has 3 fully saturated rings. The van der Waals surface area contributed by atoms with E-state index < -0.39 is 12.2 Å². The highest BCUT2D eigenvalue weighted by Gasteiger charge is 2.41. The molecule has 1 aliphatic carbocycles. The maximum atomic E-state index is 9.87. The van der Waals surface area contributed by atoms with E-state index >= 15 is 0 Å². The van der Waals surface area contributed by atoms with E-state index in [9.17, 15) is 10.2 Å². The maximum absolute atomic E-state index is 9.87. The largest absolute Gasteiger partial charge is 0.390 e. The third kappa shape index (κ3) is 3.24. The molecule has 0 radical (unpaired) electrons. The number of likely N-dealkylation sites (tertiary alicyclic amines) is 1. The van der Waals surface area contributed by atoms with Crippen LogP contribution < -0.4 is 4.90 Å². The predicted molar refractivity (Wildman–Crippen MR) is 92.1 cm³/mol. The third-order valence-electron chi connectivity index (χ3n) is 5.57. The Balaban J connectivity index is 1.41. The Morgan fingerprint density at radius 2 is 1.70 bits per heavy atom. The molecule has 0 spiro atoms. The van der Waals surface area contributed by atoms with Crippen molar-refractivity contribution in [2.24, 2.45) is 11.8 Å². The van der Waals surface area contributed by atoms with Crippen LogP contribution in [0.2, 0.25) is 5.15 Å². The van der Waals surface area contributed by atoms with Gasteiger partial charge in [0.2, 0.25) is 0 Å². The zero-order valence-corrected chi connectivity index (χ0v) is 14.8. The van der Waals surface area contributed by atoms with Crippen molar-refractivity contribution < 1.29 is 10.2 Å². The van der Waals surface area contributed by atoms with E-state index in [2.05, 4.69) is 14.8 Å². The molecule has 1 aromatic rings. The molecule has 4 rings (SSSR count). The van der Waals surface area contributed by atoms with Crippen molar-refractivity contribution in [3.8, 4) is 0 Å². The quantitative estimate of drug-likeness (QED) is 0.866. The Kier molecular flexibility index (Phi) is 4.54. The SMILES string of the molecule is O[C@@H]1C[C@@H]2CN(Cc3sc(N4CCCC4)nc3Cl)C[C@@H]2C[C@H]1O. The second-order valence-electron chi connectivity index (χ2n) is 7.22. The number of aliphatic hydroxyl groups is 2. The van der Waals surface area contributed by atoms with Crippen molar-refractivity contribution in [1.29, 1.82) is 0 Å². The van der Waals surface area contributed by atoms with E-state index in [4.69, 9.17) is 11.6 Å². The number of anilines is 1. The van der Waals surface area contributed by atoms with Crippen LogP contribution in [0.25, 0.3) is 0 Å². The second kappa shape index (κ2) is 6.48. The molecule has 23 heavy (non-hydrogen) atoms. The lowest BCUT2D eigenvalue weighted by Gasteiger charge is -2.32. The number of fused-ring (bicyclic) bond motifs is 1. The minimum Gasteiger partial charge on any atom is -0.390 e. The predicted octanol–water partition coefficient (Wildman–Crippen LogP) is 1.96. The molecule has 0 aromatic carbocycles. The molecule has 7 heteroatoms. The number of hydrogen-bond donors (Lipinski definition) is 2. The summed E-state index contributed by atoms with van der Waals surface area (Å²) in [6.45, 7) is 4.99. The van der Waals surface area contributed by atoms with Crippen LogP contribution in [0.5, 0.6) is 0 Å². The van der Waals surface area contributed by atoms with Gasteiger partial charge in [0.25, 0.3) is 0 Å². The van der Waals surface area contributed by atoms with Gasteiger partial charge in [0.05, 0.1) is 17.1 Å². The summed E-state index contributed by atoms with van der Waals surface area (Å²) in [4.78, 5) is 10.4. The maximum Gasteiger partial charge on any atom is 0.187 e. The molecule has 0 amide bonds. The summed E-state index contributed by atoms with van der Waals surface area (Å²) in [6.07, 6.45) is 2.82. The van der Waals surface area contributed by atoms with Crippen LogP contribution in [0.4, 0.5) is 5.13 Å². The normalized spacial score (nSPS) is 35.0. The summed E-state index contributed by atoms with van der Waals surface area (Å²) >= 11 is 8.09. The van der Waals surface area contributed by atoms with E-state index in [1.165, 1.54) is 12.8 Å². The summed E-state index contributed by atoms with van der Waals surface area (Å²) in [5, 5.41) is 21.4. The fourth-order valence-electron chi connectivity index (χ4n) is 4.30. The lowest BCUT2D eigenvalue weighted by molar-refractivity contribution is -0.0372. The smallest absolute Gasteiger partial charge is 0.187 e. The number of hydrogen-bond acceptors (Lipinski definition) is 6. The summed E-state index contributed by atoms with van der Waals surface area (Å²) in [5.74, 6) is 0.997. The van der Waals surface area contributed by atoms with Gasteiger partial charge in [-0.05, 0) is 37.5 Å². The average molecular weight is 358 g/mol. The second-order valence-corrected chi connectivity index (χ2v) is 8.65. The zero-order chi connectivity index (χ0) is 16.0. The van der Waals surface area contributed by atoms with Crippen molar-refractivity contribution in [2.75, 3.05) is 31.1 Å². The first-order valence-electron chi connectivity index (χ1n) is 8.59. The first-order valence-corrected chi connectivity index (χ1v) is 9.78. The van der Waals surface area contributed by atoms with E-state index in [0.29, 0.717) is 17.0 Å². The lowest BCUT2D eigenvalue weighted by Crippen LogP contribution is -2.38. The average Bonchev–Trinajstić information content (AvgIpc) is 3.21. The summed E-state index contributed by atoms with van der Waals surface area (Å²) < 4.78 is 0. The van der Waals surface area contributed by atoms with Crippen molar-refractivity contribution in [3.63, 3.8) is 0 Å². The van der Waals surface area contributed by atoms with Crippen molar-refractivity contribution in [3.05, 3.63) is 10.0 Å². The molecule has 1 saturated carbocycles. The van der Waals surface area contributed by atoms with Gasteiger partial charge in [-0.2, -0.15) is 0 Å². The highest BCUT2D eigenvalue weighted by atomic mass is 35.5. The van der Waals surface area contributed by atoms with Gasteiger partial charge in [-0.25, -0.2) is 4.98 Å². The van der Waals surface area contributed by atoms with Gasteiger partial charge in [0.15, 0.2) is 5.13 Å². The van der Waals surface area contributed by atoms with Gasteiger partial charge in [-0.3, -0.25) is 4.90 Å². The first kappa shape index (κ1) is 16.1. The summed E-state index contributed by atoms with van der Waals surface area (Å²) in [5.41, 5.74) is 0. The first-order chi connectivity index (χ1) is 11.1. The van der Waals surface area contributed by atoms with E-state index in [1.807, 2.05) is 0 Å². The summed E-state index contributed by atoms with van der Waals surface area (Å²) in [7, 11) is 0. The molecule has 2 aliphatic heterocycles. The monoisotopic (exact) mass is 357 g/mol. The van der Waals surface area contributed by atoms with Crippen molar-refractivity contribution in [1.82, 2.24) is 9.88 Å². The van der Waals surface area contributed by atoms with Gasteiger partial charge in [-0.15, -0.1) is 0 Å². The molecule has 0 unspecified atom stereocenters. The molecule has 3 heterocycles. The number of rotatable bonds is 3. The number of halogens is 1. The van der Waals surface area contributed by atoms with Gasteiger partial charge < -0.3 is 15.1 Å². The number of thiazole rings is 1. The standard InChI is InChI=1S/C16H24ClN3O2S/c17-15-14(23-16(18-15)20-3-1-2-4-20)9-19-7-10-5-12(21)13(22)6-11(10)8-19/h10-13,21-22H,1-9H2/t10-,11+,12-,13-/m1/s1.